The van der Waals surface area contributed by atoms with Crippen LogP contribution in [0.15, 0.2) is 54.6 Å². The highest BCUT2D eigenvalue weighted by Gasteiger charge is 2.29. The number of aliphatic hydroxyl groups excluding tert-OH is 1. The van der Waals surface area contributed by atoms with E-state index in [4.69, 9.17) is 21.4 Å². The second-order valence-corrected chi connectivity index (χ2v) is 6.74. The maximum Gasteiger partial charge on any atom is 0.347 e. The minimum Gasteiger partial charge on any atom is -0.478 e. The summed E-state index contributed by atoms with van der Waals surface area (Å²) >= 11 is 5.67. The molecule has 0 amide bonds. The van der Waals surface area contributed by atoms with Gasteiger partial charge in [0, 0.05) is 11.1 Å². The third kappa shape index (κ3) is 7.04. The Hall–Kier alpha value is -2.08. The first-order valence-corrected chi connectivity index (χ1v) is 8.63. The number of hydrogen-bond donors (Lipinski definition) is 3. The summed E-state index contributed by atoms with van der Waals surface area (Å²) in [6.45, 7) is 4.94. The lowest BCUT2D eigenvalue weighted by Gasteiger charge is -2.21. The molecule has 0 radical (unpaired) electrons. The molecule has 0 saturated carbocycles. The molecule has 0 aliphatic rings. The minimum absolute atomic E-state index is 0.0902. The summed E-state index contributed by atoms with van der Waals surface area (Å²) in [5.74, 6) is -0.519. The van der Waals surface area contributed by atoms with Crippen molar-refractivity contribution in [2.45, 2.75) is 38.5 Å². The Balaban J connectivity index is 0.000000263. The Labute approximate surface area is 159 Å². The summed E-state index contributed by atoms with van der Waals surface area (Å²) in [6.07, 6.45) is -0.420. The lowest BCUT2D eigenvalue weighted by atomic mass is 10.0. The smallest absolute Gasteiger partial charge is 0.347 e. The van der Waals surface area contributed by atoms with E-state index in [0.29, 0.717) is 10.8 Å². The zero-order valence-corrected chi connectivity index (χ0v) is 16.2. The lowest BCUT2D eigenvalue weighted by molar-refractivity contribution is -0.152. The van der Waals surface area contributed by atoms with Crippen molar-refractivity contribution in [1.82, 2.24) is 5.32 Å². The van der Waals surface area contributed by atoms with Gasteiger partial charge in [-0.3, -0.25) is 0 Å². The molecule has 26 heavy (non-hydrogen) atoms. The number of likely N-dealkylation sites (N-methyl/N-ethyl adjacent to an activating group) is 1. The van der Waals surface area contributed by atoms with Gasteiger partial charge in [-0.25, -0.2) is 4.79 Å². The predicted octanol–water partition coefficient (Wildman–Crippen LogP) is 3.91. The first-order valence-electron chi connectivity index (χ1n) is 8.25. The highest BCUT2D eigenvalue weighted by Crippen LogP contribution is 2.20. The first kappa shape index (κ1) is 22.0. The molecule has 2 aromatic carbocycles. The maximum absolute atomic E-state index is 10.7. The van der Waals surface area contributed by atoms with Crippen LogP contribution in [-0.4, -0.2) is 34.9 Å². The van der Waals surface area contributed by atoms with Gasteiger partial charge in [0.15, 0.2) is 5.60 Å². The summed E-state index contributed by atoms with van der Waals surface area (Å²) in [4.78, 5) is 10.7. The van der Waals surface area contributed by atoms with E-state index in [1.165, 1.54) is 13.8 Å². The third-order valence-electron chi connectivity index (χ3n) is 3.77. The molecule has 0 aliphatic carbocycles. The largest absolute Gasteiger partial charge is 0.478 e. The van der Waals surface area contributed by atoms with Crippen molar-refractivity contribution in [2.75, 3.05) is 7.05 Å². The van der Waals surface area contributed by atoms with Crippen LogP contribution in [0.3, 0.4) is 0 Å². The first-order chi connectivity index (χ1) is 12.2. The van der Waals surface area contributed by atoms with Crippen LogP contribution in [0, 0.1) is 0 Å². The number of rotatable bonds is 6. The molecule has 0 saturated heterocycles. The van der Waals surface area contributed by atoms with Crippen molar-refractivity contribution in [1.29, 1.82) is 0 Å². The van der Waals surface area contributed by atoms with Crippen molar-refractivity contribution < 1.29 is 19.7 Å². The molecule has 2 atom stereocenters. The van der Waals surface area contributed by atoms with E-state index in [1.54, 1.807) is 24.3 Å². The number of halogens is 1. The number of aliphatic carboxylic acids is 1. The third-order valence-corrected chi connectivity index (χ3v) is 4.02. The van der Waals surface area contributed by atoms with E-state index in [-0.39, 0.29) is 6.04 Å². The monoisotopic (exact) mass is 379 g/mol. The van der Waals surface area contributed by atoms with Crippen LogP contribution in [0.25, 0.3) is 0 Å². The zero-order valence-electron chi connectivity index (χ0n) is 15.4. The van der Waals surface area contributed by atoms with Crippen LogP contribution in [-0.2, 0) is 4.79 Å². The fraction of sp³-hybridized carbons (Fsp3) is 0.350. The van der Waals surface area contributed by atoms with E-state index in [0.717, 1.165) is 5.56 Å². The van der Waals surface area contributed by atoms with E-state index >= 15 is 0 Å². The molecule has 2 aromatic rings. The molecule has 2 rings (SSSR count). The topological polar surface area (TPSA) is 78.8 Å². The van der Waals surface area contributed by atoms with E-state index in [9.17, 15) is 9.90 Å². The number of benzene rings is 2. The fourth-order valence-corrected chi connectivity index (χ4v) is 2.06. The van der Waals surface area contributed by atoms with Crippen molar-refractivity contribution in [2.24, 2.45) is 0 Å². The van der Waals surface area contributed by atoms with Crippen molar-refractivity contribution >= 4 is 17.6 Å². The average molecular weight is 380 g/mol. The second-order valence-electron chi connectivity index (χ2n) is 6.30. The van der Waals surface area contributed by atoms with Gasteiger partial charge in [-0.05, 0) is 57.6 Å². The van der Waals surface area contributed by atoms with Gasteiger partial charge in [-0.15, -0.1) is 0 Å². The minimum atomic E-state index is -1.23. The molecule has 0 aliphatic heterocycles. The molecule has 0 spiro atoms. The van der Waals surface area contributed by atoms with E-state index < -0.39 is 17.7 Å². The van der Waals surface area contributed by atoms with Crippen LogP contribution in [0.4, 0.5) is 0 Å². The van der Waals surface area contributed by atoms with Gasteiger partial charge in [0.05, 0.1) is 6.10 Å². The Bertz CT molecular complexity index is 674. The zero-order chi connectivity index (χ0) is 19.7. The van der Waals surface area contributed by atoms with Gasteiger partial charge in [0.25, 0.3) is 0 Å². The molecule has 6 heteroatoms. The number of hydrogen-bond acceptors (Lipinski definition) is 4. The molecular weight excluding hydrogens is 354 g/mol. The van der Waals surface area contributed by atoms with E-state index in [1.807, 2.05) is 44.3 Å². The lowest BCUT2D eigenvalue weighted by Crippen LogP contribution is -2.37. The molecule has 0 fully saturated rings. The SMILES string of the molecule is CC(C)(Oc1ccc(Cl)cc1)C(=O)O.CN[C@@H](C)[C@H](O)c1ccccc1. The number of ether oxygens (including phenoxy) is 1. The average Bonchev–Trinajstić information content (AvgIpc) is 2.63. The van der Waals surface area contributed by atoms with Crippen LogP contribution >= 0.6 is 11.6 Å². The normalized spacial score (nSPS) is 13.2. The molecule has 0 unspecified atom stereocenters. The molecule has 0 aromatic heterocycles. The molecule has 5 nitrogen and oxygen atoms in total. The number of nitrogens with one attached hydrogen (secondary N) is 1. The summed E-state index contributed by atoms with van der Waals surface area (Å²) in [6, 6.07) is 16.3. The standard InChI is InChI=1S/C10H11ClO3.C10H15NO/c1-10(2,9(12)13)14-8-5-3-7(11)4-6-8;1-8(11-2)10(12)9-6-4-3-5-7-9/h3-6H,1-2H3,(H,12,13);3-8,10-12H,1-2H3/t;8-,10-/m.0/s1. The molecule has 0 heterocycles. The molecule has 3 N–H and O–H groups in total. The van der Waals surface area contributed by atoms with Crippen LogP contribution in [0.1, 0.15) is 32.4 Å². The highest BCUT2D eigenvalue weighted by atomic mass is 35.5. The van der Waals surface area contributed by atoms with Gasteiger partial charge in [-0.1, -0.05) is 41.9 Å². The molecule has 142 valence electrons. The Morgan fingerprint density at radius 1 is 1.12 bits per heavy atom. The quantitative estimate of drug-likeness (QED) is 0.709. The van der Waals surface area contributed by atoms with Crippen molar-refractivity contribution in [3.05, 3.63) is 65.2 Å². The Morgan fingerprint density at radius 3 is 2.12 bits per heavy atom. The number of carboxylic acids is 1. The fourth-order valence-electron chi connectivity index (χ4n) is 1.94. The predicted molar refractivity (Wildman–Crippen MR) is 104 cm³/mol. The van der Waals surface area contributed by atoms with E-state index in [2.05, 4.69) is 5.32 Å². The summed E-state index contributed by atoms with van der Waals surface area (Å²) in [5.41, 5.74) is -0.271. The Morgan fingerprint density at radius 2 is 1.65 bits per heavy atom. The number of carbonyl (C=O) groups is 1. The van der Waals surface area contributed by atoms with Gasteiger partial charge in [0.2, 0.25) is 0 Å². The van der Waals surface area contributed by atoms with Crippen LogP contribution in [0.5, 0.6) is 5.75 Å². The van der Waals surface area contributed by atoms with Gasteiger partial charge >= 0.3 is 5.97 Å². The van der Waals surface area contributed by atoms with Gasteiger partial charge in [0.1, 0.15) is 5.75 Å². The van der Waals surface area contributed by atoms with Crippen LogP contribution in [0.2, 0.25) is 5.02 Å². The molecular formula is C20H26ClNO4. The number of aliphatic hydroxyl groups is 1. The summed E-state index contributed by atoms with van der Waals surface area (Å²) in [7, 11) is 1.84. The molecule has 0 bridgehead atoms. The maximum atomic E-state index is 10.7. The number of carboxylic acid groups (broad SMARTS) is 1. The summed E-state index contributed by atoms with van der Waals surface area (Å²) in [5, 5.41) is 22.1. The van der Waals surface area contributed by atoms with Gasteiger partial charge < -0.3 is 20.3 Å². The second kappa shape index (κ2) is 10.2. The van der Waals surface area contributed by atoms with Crippen LogP contribution < -0.4 is 10.1 Å². The van der Waals surface area contributed by atoms with Crippen molar-refractivity contribution in [3.63, 3.8) is 0 Å². The Kier molecular flexibility index (Phi) is 8.58. The van der Waals surface area contributed by atoms with Gasteiger partial charge in [-0.2, -0.15) is 0 Å². The van der Waals surface area contributed by atoms with Crippen molar-refractivity contribution in [3.8, 4) is 5.75 Å². The highest BCUT2D eigenvalue weighted by molar-refractivity contribution is 6.30. The summed E-state index contributed by atoms with van der Waals surface area (Å²) < 4.78 is 5.26.